The van der Waals surface area contributed by atoms with Gasteiger partial charge in [-0.15, -0.1) is 8.78 Å². The third-order valence-electron chi connectivity index (χ3n) is 7.62. The molecule has 4 aliphatic heterocycles. The maximum atomic E-state index is 14.4. The summed E-state index contributed by atoms with van der Waals surface area (Å²) in [6, 6.07) is 9.37. The smallest absolute Gasteiger partial charge is 0.395 e. The summed E-state index contributed by atoms with van der Waals surface area (Å²) in [5.74, 6) is 0.984. The van der Waals surface area contributed by atoms with E-state index in [-0.39, 0.29) is 22.7 Å². The minimum atomic E-state index is -3.83. The van der Waals surface area contributed by atoms with Crippen LogP contribution in [0.1, 0.15) is 30.2 Å². The number of nitrogens with zero attached hydrogens (tertiary/aromatic N) is 4. The van der Waals surface area contributed by atoms with Gasteiger partial charge in [0.25, 0.3) is 0 Å². The molecule has 1 aromatic heterocycles. The highest BCUT2D eigenvalue weighted by Gasteiger charge is 2.56. The first-order chi connectivity index (χ1) is 18.5. The van der Waals surface area contributed by atoms with E-state index in [2.05, 4.69) is 10.1 Å². The minimum Gasteiger partial charge on any atom is -0.395 e. The lowest BCUT2D eigenvalue weighted by atomic mass is 9.78. The second-order valence-corrected chi connectivity index (χ2v) is 12.0. The fourth-order valence-corrected chi connectivity index (χ4v) is 7.44. The van der Waals surface area contributed by atoms with E-state index in [1.54, 1.807) is 48.0 Å². The average molecular weight is 557 g/mol. The summed E-state index contributed by atoms with van der Waals surface area (Å²) >= 11 is 0. The van der Waals surface area contributed by atoms with Crippen LogP contribution in [-0.4, -0.2) is 48.8 Å². The van der Waals surface area contributed by atoms with Gasteiger partial charge in [-0.25, -0.2) is 9.37 Å². The van der Waals surface area contributed by atoms with Gasteiger partial charge in [0, 0.05) is 58.5 Å². The van der Waals surface area contributed by atoms with Crippen LogP contribution in [0.15, 0.2) is 59.7 Å². The van der Waals surface area contributed by atoms with Crippen molar-refractivity contribution in [1.82, 2.24) is 14.5 Å². The predicted octanol–water partition coefficient (Wildman–Crippen LogP) is 4.70. The molecule has 1 spiro atoms. The van der Waals surface area contributed by atoms with Crippen molar-refractivity contribution < 1.29 is 31.7 Å². The number of amidine groups is 1. The molecule has 0 aliphatic carbocycles. The standard InChI is InChI=1S/C27H23F3N4O4S/c1-16-11-33(15-31-16)21-8-3-17(22-23(21)37-27(29,30)36-22)9-18-10-26(13-39(35)14-26)12-34-24(18)32-38-25(34,2)19-4-6-20(28)7-5-19/h3-9,11,15H,10,12-14H2,1-2H3/b18-9+. The third kappa shape index (κ3) is 3.83. The van der Waals surface area contributed by atoms with Gasteiger partial charge in [-0.05, 0) is 49.3 Å². The molecule has 0 bridgehead atoms. The van der Waals surface area contributed by atoms with Crippen molar-refractivity contribution in [3.8, 4) is 17.2 Å². The lowest BCUT2D eigenvalue weighted by Gasteiger charge is -2.50. The van der Waals surface area contributed by atoms with E-state index >= 15 is 0 Å². The van der Waals surface area contributed by atoms with E-state index in [1.807, 2.05) is 11.8 Å². The second kappa shape index (κ2) is 8.10. The summed E-state index contributed by atoms with van der Waals surface area (Å²) in [4.78, 5) is 12.1. The predicted molar refractivity (Wildman–Crippen MR) is 136 cm³/mol. The Balaban J connectivity index is 1.32. The number of fused-ring (bicyclic) bond motifs is 2. The third-order valence-corrected chi connectivity index (χ3v) is 9.49. The van der Waals surface area contributed by atoms with Crippen LogP contribution in [0.25, 0.3) is 11.8 Å². The van der Waals surface area contributed by atoms with Crippen molar-refractivity contribution in [3.05, 3.63) is 77.1 Å². The number of ether oxygens (including phenoxy) is 2. The number of aryl methyl sites for hydroxylation is 1. The van der Waals surface area contributed by atoms with Gasteiger partial charge in [-0.1, -0.05) is 17.3 Å². The van der Waals surface area contributed by atoms with Crippen molar-refractivity contribution in [3.63, 3.8) is 0 Å². The van der Waals surface area contributed by atoms with Crippen molar-refractivity contribution in [2.24, 2.45) is 10.6 Å². The number of benzene rings is 2. The number of rotatable bonds is 3. The maximum Gasteiger partial charge on any atom is 0.586 e. The highest BCUT2D eigenvalue weighted by atomic mass is 32.2. The van der Waals surface area contributed by atoms with Crippen LogP contribution in [0.5, 0.6) is 11.5 Å². The van der Waals surface area contributed by atoms with Crippen LogP contribution in [0.4, 0.5) is 13.2 Å². The topological polar surface area (TPSA) is 78.2 Å². The van der Waals surface area contributed by atoms with E-state index < -0.39 is 22.8 Å². The van der Waals surface area contributed by atoms with Crippen molar-refractivity contribution >= 4 is 22.7 Å². The summed E-state index contributed by atoms with van der Waals surface area (Å²) in [5, 5.41) is 4.39. The number of hydrogen-bond acceptors (Lipinski definition) is 7. The quantitative estimate of drug-likeness (QED) is 0.466. The number of aromatic nitrogens is 2. The van der Waals surface area contributed by atoms with Crippen LogP contribution in [0.2, 0.25) is 0 Å². The van der Waals surface area contributed by atoms with Gasteiger partial charge >= 0.3 is 6.29 Å². The summed E-state index contributed by atoms with van der Waals surface area (Å²) in [7, 11) is -0.939. The molecule has 0 radical (unpaired) electrons. The minimum absolute atomic E-state index is 0.0967. The molecule has 0 N–H and O–H groups in total. The van der Waals surface area contributed by atoms with Crippen molar-refractivity contribution in [2.75, 3.05) is 18.1 Å². The zero-order valence-electron chi connectivity index (χ0n) is 21.0. The van der Waals surface area contributed by atoms with Crippen LogP contribution < -0.4 is 9.47 Å². The van der Waals surface area contributed by atoms with Crippen molar-refractivity contribution in [1.29, 1.82) is 0 Å². The number of piperidine rings is 1. The fourth-order valence-electron chi connectivity index (χ4n) is 5.77. The number of halogens is 3. The number of alkyl halides is 2. The van der Waals surface area contributed by atoms with Gasteiger partial charge in [-0.3, -0.25) is 4.21 Å². The van der Waals surface area contributed by atoms with Crippen LogP contribution in [-0.2, 0) is 21.4 Å². The van der Waals surface area contributed by atoms with E-state index in [1.165, 1.54) is 18.5 Å². The number of oxime groups is 1. The Morgan fingerprint density at radius 3 is 2.51 bits per heavy atom. The van der Waals surface area contributed by atoms with Crippen LogP contribution in [0, 0.1) is 18.2 Å². The van der Waals surface area contributed by atoms with Gasteiger partial charge in [0.2, 0.25) is 5.72 Å². The summed E-state index contributed by atoms with van der Waals surface area (Å²) < 4.78 is 66.1. The molecule has 2 fully saturated rings. The van der Waals surface area contributed by atoms with Gasteiger partial charge < -0.3 is 23.8 Å². The highest BCUT2D eigenvalue weighted by Crippen LogP contribution is 2.51. The molecule has 7 rings (SSSR count). The second-order valence-electron chi connectivity index (χ2n) is 10.6. The SMILES string of the molecule is Cc1cn(-c2ccc(/C=C3\CC4(CN5C3=NOC5(C)c3ccc(F)cc3)CS(=O)C4)c3c2OC(F)(F)O3)cn1. The van der Waals surface area contributed by atoms with E-state index in [9.17, 15) is 17.4 Å². The van der Waals surface area contributed by atoms with E-state index in [0.29, 0.717) is 47.1 Å². The van der Waals surface area contributed by atoms with E-state index in [4.69, 9.17) is 14.3 Å². The fraction of sp³-hybridized carbons (Fsp3) is 0.333. The Morgan fingerprint density at radius 1 is 1.08 bits per heavy atom. The van der Waals surface area contributed by atoms with Gasteiger partial charge in [0.15, 0.2) is 17.3 Å². The first kappa shape index (κ1) is 24.3. The number of imidazole rings is 1. The molecular formula is C27H23F3N4O4S. The average Bonchev–Trinajstić information content (AvgIpc) is 3.54. The summed E-state index contributed by atoms with van der Waals surface area (Å²) in [5.41, 5.74) is 1.58. The molecule has 3 aromatic rings. The lowest BCUT2D eigenvalue weighted by molar-refractivity contribution is -0.286. The normalized spacial score (nSPS) is 29.3. The first-order valence-electron chi connectivity index (χ1n) is 12.3. The zero-order valence-corrected chi connectivity index (χ0v) is 21.8. The Morgan fingerprint density at radius 2 is 1.82 bits per heavy atom. The molecule has 2 aromatic carbocycles. The Hall–Kier alpha value is -3.80. The molecular weight excluding hydrogens is 533 g/mol. The Bertz CT molecular complexity index is 1590. The molecule has 12 heteroatoms. The lowest BCUT2D eigenvalue weighted by Crippen LogP contribution is -2.60. The van der Waals surface area contributed by atoms with Gasteiger partial charge in [0.05, 0.1) is 17.7 Å². The molecule has 8 nitrogen and oxygen atoms in total. The molecule has 0 amide bonds. The molecule has 4 aliphatic rings. The first-order valence-corrected chi connectivity index (χ1v) is 13.8. The molecule has 39 heavy (non-hydrogen) atoms. The van der Waals surface area contributed by atoms with Crippen LogP contribution in [0.3, 0.4) is 0 Å². The molecule has 1 atom stereocenters. The van der Waals surface area contributed by atoms with E-state index in [0.717, 1.165) is 11.3 Å². The molecule has 2 saturated heterocycles. The highest BCUT2D eigenvalue weighted by molar-refractivity contribution is 7.86. The van der Waals surface area contributed by atoms with Crippen molar-refractivity contribution in [2.45, 2.75) is 32.3 Å². The molecule has 202 valence electrons. The largest absolute Gasteiger partial charge is 0.586 e. The van der Waals surface area contributed by atoms with Gasteiger partial charge in [-0.2, -0.15) is 0 Å². The maximum absolute atomic E-state index is 14.4. The van der Waals surface area contributed by atoms with Gasteiger partial charge in [0.1, 0.15) is 5.82 Å². The summed E-state index contributed by atoms with van der Waals surface area (Å²) in [6.45, 7) is 4.18. The molecule has 0 saturated carbocycles. The zero-order chi connectivity index (χ0) is 27.2. The number of hydrogen-bond donors (Lipinski definition) is 0. The monoisotopic (exact) mass is 556 g/mol. The molecule has 1 unspecified atom stereocenters. The Labute approximate surface area is 224 Å². The Kier molecular flexibility index (Phi) is 5.04. The van der Waals surface area contributed by atoms with Crippen LogP contribution >= 0.6 is 0 Å². The molecule has 5 heterocycles. The summed E-state index contributed by atoms with van der Waals surface area (Å²) in [6.07, 6.45) is 1.67.